The van der Waals surface area contributed by atoms with Crippen molar-refractivity contribution in [3.05, 3.63) is 41.5 Å². The minimum absolute atomic E-state index is 0.00326. The maximum Gasteiger partial charge on any atom is 0.147 e. The van der Waals surface area contributed by atoms with Crippen LogP contribution in [0.5, 0.6) is 5.75 Å². The Labute approximate surface area is 210 Å². The van der Waals surface area contributed by atoms with E-state index in [1.807, 2.05) is 24.3 Å². The Hall–Kier alpha value is -1.73. The summed E-state index contributed by atoms with van der Waals surface area (Å²) in [5, 5.41) is 0. The summed E-state index contributed by atoms with van der Waals surface area (Å²) < 4.78 is 29.0. The van der Waals surface area contributed by atoms with Crippen molar-refractivity contribution in [3.8, 4) is 5.75 Å². The van der Waals surface area contributed by atoms with Gasteiger partial charge in [-0.25, -0.2) is 0 Å². The first-order chi connectivity index (χ1) is 16.8. The molecule has 0 bridgehead atoms. The third-order valence-electron chi connectivity index (χ3n) is 9.16. The van der Waals surface area contributed by atoms with Crippen LogP contribution in [0.25, 0.3) is 0 Å². The molecule has 3 aliphatic rings. The largest absolute Gasteiger partial charge is 0.497 e. The molecule has 6 heteroatoms. The van der Waals surface area contributed by atoms with Crippen molar-refractivity contribution >= 4 is 6.29 Å². The predicted octanol–water partition coefficient (Wildman–Crippen LogP) is 5.54. The number of carbonyl (C=O) groups excluding carboxylic acids is 1. The number of aldehydes is 1. The Balaban J connectivity index is 1.48. The number of fused-ring (bicyclic) bond motifs is 3. The van der Waals surface area contributed by atoms with E-state index < -0.39 is 0 Å². The van der Waals surface area contributed by atoms with Gasteiger partial charge in [0.05, 0.1) is 25.9 Å². The number of methoxy groups -OCH3 is 2. The molecule has 194 valence electrons. The molecule has 4 rings (SSSR count). The fourth-order valence-corrected chi connectivity index (χ4v) is 7.31. The standard InChI is InChI=1S/C29H42O6/c1-28(2)26-15-25(34-19-33-17-20-6-9-22(32-5)10-7-20)23-14-21(16-30)8-11-24(23)29(26,3)13-12-27(28)35-18-31-4/h6-7,9-10,14,16,23-27H,8,11-13,15,17-19H2,1-5H3/t23-,24+,25-,26+,27+,29-/m1/s1. The van der Waals surface area contributed by atoms with E-state index in [0.717, 1.165) is 55.3 Å². The molecule has 35 heavy (non-hydrogen) atoms. The van der Waals surface area contributed by atoms with E-state index in [4.69, 9.17) is 23.7 Å². The van der Waals surface area contributed by atoms with Crippen molar-refractivity contribution < 1.29 is 28.5 Å². The Bertz CT molecular complexity index is 878. The van der Waals surface area contributed by atoms with Crippen LogP contribution in [0.2, 0.25) is 0 Å². The van der Waals surface area contributed by atoms with Crippen LogP contribution in [-0.4, -0.2) is 46.3 Å². The van der Waals surface area contributed by atoms with Gasteiger partial charge in [-0.3, -0.25) is 4.79 Å². The third-order valence-corrected chi connectivity index (χ3v) is 9.16. The number of hydrogen-bond donors (Lipinski definition) is 0. The van der Waals surface area contributed by atoms with Crippen molar-refractivity contribution in [2.45, 2.75) is 71.7 Å². The third kappa shape index (κ3) is 5.36. The van der Waals surface area contributed by atoms with Crippen LogP contribution in [0.4, 0.5) is 0 Å². The summed E-state index contributed by atoms with van der Waals surface area (Å²) >= 11 is 0. The van der Waals surface area contributed by atoms with Crippen molar-refractivity contribution in [2.24, 2.45) is 28.6 Å². The molecule has 0 radical (unpaired) electrons. The van der Waals surface area contributed by atoms with E-state index >= 15 is 0 Å². The zero-order valence-electron chi connectivity index (χ0n) is 22.0. The van der Waals surface area contributed by atoms with Gasteiger partial charge in [-0.2, -0.15) is 0 Å². The van der Waals surface area contributed by atoms with E-state index in [2.05, 4.69) is 26.8 Å². The molecule has 0 N–H and O–H groups in total. The summed E-state index contributed by atoms with van der Waals surface area (Å²) in [6.45, 7) is 8.22. The van der Waals surface area contributed by atoms with Gasteiger partial charge in [-0.15, -0.1) is 0 Å². The lowest BCUT2D eigenvalue weighted by atomic mass is 9.44. The first-order valence-corrected chi connectivity index (χ1v) is 12.9. The highest BCUT2D eigenvalue weighted by Crippen LogP contribution is 2.64. The minimum Gasteiger partial charge on any atom is -0.497 e. The number of benzene rings is 1. The number of ether oxygens (including phenoxy) is 5. The maximum absolute atomic E-state index is 11.6. The molecule has 0 spiro atoms. The monoisotopic (exact) mass is 486 g/mol. The molecule has 0 unspecified atom stereocenters. The van der Waals surface area contributed by atoms with Gasteiger partial charge < -0.3 is 23.7 Å². The first-order valence-electron chi connectivity index (χ1n) is 12.9. The number of hydrogen-bond acceptors (Lipinski definition) is 6. The van der Waals surface area contributed by atoms with E-state index in [1.54, 1.807) is 14.2 Å². The van der Waals surface area contributed by atoms with Gasteiger partial charge in [0.2, 0.25) is 0 Å². The topological polar surface area (TPSA) is 63.2 Å². The molecule has 0 aliphatic heterocycles. The van der Waals surface area contributed by atoms with Crippen LogP contribution in [-0.2, 0) is 30.3 Å². The van der Waals surface area contributed by atoms with E-state index in [1.165, 1.54) is 0 Å². The maximum atomic E-state index is 11.6. The van der Waals surface area contributed by atoms with Crippen molar-refractivity contribution in [3.63, 3.8) is 0 Å². The second kappa shape index (κ2) is 11.1. The predicted molar refractivity (Wildman–Crippen MR) is 134 cm³/mol. The SMILES string of the molecule is COCO[C@H]1CC[C@]2(C)[C@H]3CCC(C=O)=C[C@H]3[C@H](OCOCc3ccc(OC)cc3)C[C@H]2C1(C)C. The number of allylic oxidation sites excluding steroid dienone is 1. The molecule has 0 saturated heterocycles. The average molecular weight is 487 g/mol. The Morgan fingerprint density at radius 3 is 2.49 bits per heavy atom. The van der Waals surface area contributed by atoms with Crippen LogP contribution < -0.4 is 4.74 Å². The average Bonchev–Trinajstić information content (AvgIpc) is 2.87. The lowest BCUT2D eigenvalue weighted by molar-refractivity contribution is -0.222. The second-order valence-electron chi connectivity index (χ2n) is 11.3. The summed E-state index contributed by atoms with van der Waals surface area (Å²) in [6, 6.07) is 7.89. The summed E-state index contributed by atoms with van der Waals surface area (Å²) in [5.41, 5.74) is 2.18. The van der Waals surface area contributed by atoms with E-state index in [9.17, 15) is 4.79 Å². The highest BCUT2D eigenvalue weighted by molar-refractivity contribution is 5.73. The summed E-state index contributed by atoms with van der Waals surface area (Å²) in [6.07, 6.45) is 8.41. The second-order valence-corrected chi connectivity index (χ2v) is 11.3. The van der Waals surface area contributed by atoms with Gasteiger partial charge in [-0.05, 0) is 78.0 Å². The fourth-order valence-electron chi connectivity index (χ4n) is 7.31. The van der Waals surface area contributed by atoms with Crippen LogP contribution in [0, 0.1) is 28.6 Å². The number of carbonyl (C=O) groups is 1. The summed E-state index contributed by atoms with van der Waals surface area (Å²) in [5.74, 6) is 2.00. The summed E-state index contributed by atoms with van der Waals surface area (Å²) in [7, 11) is 3.34. The van der Waals surface area contributed by atoms with Crippen LogP contribution in [0.3, 0.4) is 0 Å². The molecule has 6 atom stereocenters. The van der Waals surface area contributed by atoms with E-state index in [-0.39, 0.29) is 35.7 Å². The quantitative estimate of drug-likeness (QED) is 0.246. The smallest absolute Gasteiger partial charge is 0.147 e. The Kier molecular flexibility index (Phi) is 8.37. The molecule has 1 aromatic rings. The van der Waals surface area contributed by atoms with Crippen molar-refractivity contribution in [1.29, 1.82) is 0 Å². The molecular formula is C29H42O6. The molecule has 3 aliphatic carbocycles. The van der Waals surface area contributed by atoms with Crippen LogP contribution in [0.1, 0.15) is 58.4 Å². The van der Waals surface area contributed by atoms with Crippen LogP contribution >= 0.6 is 0 Å². The molecule has 1 aromatic carbocycles. The molecule has 0 amide bonds. The van der Waals surface area contributed by atoms with Gasteiger partial charge in [0.25, 0.3) is 0 Å². The lowest BCUT2D eigenvalue weighted by Crippen LogP contribution is -2.60. The minimum atomic E-state index is -0.00326. The molecule has 6 nitrogen and oxygen atoms in total. The zero-order valence-corrected chi connectivity index (χ0v) is 22.0. The molecule has 2 fully saturated rings. The van der Waals surface area contributed by atoms with Gasteiger partial charge in [0, 0.05) is 13.0 Å². The summed E-state index contributed by atoms with van der Waals surface area (Å²) in [4.78, 5) is 11.6. The Morgan fingerprint density at radius 2 is 1.80 bits per heavy atom. The normalized spacial score (nSPS) is 33.9. The Morgan fingerprint density at radius 1 is 1.03 bits per heavy atom. The van der Waals surface area contributed by atoms with Gasteiger partial charge in [-0.1, -0.05) is 39.0 Å². The molecule has 0 aromatic heterocycles. The van der Waals surface area contributed by atoms with Gasteiger partial charge in [0.15, 0.2) is 0 Å². The fraction of sp³-hybridized carbons (Fsp3) is 0.690. The highest BCUT2D eigenvalue weighted by Gasteiger charge is 2.60. The van der Waals surface area contributed by atoms with Crippen LogP contribution in [0.15, 0.2) is 35.9 Å². The number of rotatable bonds is 10. The first kappa shape index (κ1) is 26.3. The van der Waals surface area contributed by atoms with Gasteiger partial charge >= 0.3 is 0 Å². The molecular weight excluding hydrogens is 444 g/mol. The van der Waals surface area contributed by atoms with Crippen molar-refractivity contribution in [1.82, 2.24) is 0 Å². The zero-order chi connectivity index (χ0) is 25.1. The highest BCUT2D eigenvalue weighted by atomic mass is 16.7. The molecule has 2 saturated carbocycles. The van der Waals surface area contributed by atoms with Gasteiger partial charge in [0.1, 0.15) is 25.6 Å². The van der Waals surface area contributed by atoms with Crippen molar-refractivity contribution in [2.75, 3.05) is 27.8 Å². The lowest BCUT2D eigenvalue weighted by Gasteiger charge is -2.63. The molecule has 0 heterocycles. The van der Waals surface area contributed by atoms with E-state index in [0.29, 0.717) is 25.2 Å².